The average molecular weight is 363 g/mol. The lowest BCUT2D eigenvalue weighted by Crippen LogP contribution is -2.30. The van der Waals surface area contributed by atoms with Crippen molar-refractivity contribution in [2.45, 2.75) is 38.5 Å². The summed E-state index contributed by atoms with van der Waals surface area (Å²) >= 11 is 0. The average Bonchev–Trinajstić information content (AvgIpc) is 2.53. The summed E-state index contributed by atoms with van der Waals surface area (Å²) in [5.74, 6) is -0.451. The lowest BCUT2D eigenvalue weighted by Gasteiger charge is -2.23. The molecule has 1 unspecified atom stereocenters. The third kappa shape index (κ3) is 5.90. The number of nitrogens with zero attached hydrogens (tertiary/aromatic N) is 1. The van der Waals surface area contributed by atoms with Gasteiger partial charge >= 0.3 is 0 Å². The van der Waals surface area contributed by atoms with E-state index in [2.05, 4.69) is 4.98 Å². The van der Waals surface area contributed by atoms with Crippen LogP contribution >= 0.6 is 0 Å². The second kappa shape index (κ2) is 8.54. The highest BCUT2D eigenvalue weighted by Gasteiger charge is 2.26. The normalized spacial score (nSPS) is 14.6. The van der Waals surface area contributed by atoms with Crippen LogP contribution in [0.25, 0.3) is 10.9 Å². The third-order valence-corrected chi connectivity index (χ3v) is 5.87. The molecule has 0 bridgehead atoms. The second-order valence-electron chi connectivity index (χ2n) is 6.95. The number of aromatic nitrogens is 1. The van der Waals surface area contributed by atoms with Gasteiger partial charge in [0.1, 0.15) is 6.29 Å². The SMILES string of the molecule is CC(C)C[C@@H](CS(=O)(=O)Cc1cnc2ccccc2c1)C(O)CC=O. The molecule has 0 aliphatic rings. The molecule has 2 atom stereocenters. The summed E-state index contributed by atoms with van der Waals surface area (Å²) in [5.41, 5.74) is 1.45. The van der Waals surface area contributed by atoms with Crippen molar-refractivity contribution >= 4 is 27.0 Å². The van der Waals surface area contributed by atoms with E-state index in [1.165, 1.54) is 0 Å². The van der Waals surface area contributed by atoms with Crippen LogP contribution in [0.3, 0.4) is 0 Å². The highest BCUT2D eigenvalue weighted by Crippen LogP contribution is 2.22. The summed E-state index contributed by atoms with van der Waals surface area (Å²) in [6.45, 7) is 3.95. The first-order valence-corrected chi connectivity index (χ1v) is 10.3. The van der Waals surface area contributed by atoms with Crippen LogP contribution in [0, 0.1) is 11.8 Å². The molecule has 1 N–H and O–H groups in total. The Morgan fingerprint density at radius 1 is 1.24 bits per heavy atom. The molecule has 0 aliphatic heterocycles. The largest absolute Gasteiger partial charge is 0.392 e. The van der Waals surface area contributed by atoms with Crippen molar-refractivity contribution in [1.29, 1.82) is 0 Å². The number of aliphatic hydroxyl groups is 1. The number of aldehydes is 1. The molecule has 0 saturated heterocycles. The van der Waals surface area contributed by atoms with E-state index in [0.717, 1.165) is 10.9 Å². The number of aliphatic hydroxyl groups excluding tert-OH is 1. The molecule has 136 valence electrons. The van der Waals surface area contributed by atoms with Crippen molar-refractivity contribution in [3.63, 3.8) is 0 Å². The molecule has 25 heavy (non-hydrogen) atoms. The zero-order chi connectivity index (χ0) is 18.4. The highest BCUT2D eigenvalue weighted by atomic mass is 32.2. The van der Waals surface area contributed by atoms with Gasteiger partial charge in [0.05, 0.1) is 23.1 Å². The van der Waals surface area contributed by atoms with Crippen molar-refractivity contribution in [2.75, 3.05) is 5.75 Å². The molecule has 0 radical (unpaired) electrons. The predicted molar refractivity (Wildman–Crippen MR) is 98.9 cm³/mol. The molecule has 6 heteroatoms. The van der Waals surface area contributed by atoms with Crippen molar-refractivity contribution in [1.82, 2.24) is 4.98 Å². The van der Waals surface area contributed by atoms with E-state index < -0.39 is 21.9 Å². The lowest BCUT2D eigenvalue weighted by molar-refractivity contribution is -0.110. The fourth-order valence-corrected chi connectivity index (χ4v) is 4.86. The van der Waals surface area contributed by atoms with Gasteiger partial charge in [0.2, 0.25) is 0 Å². The van der Waals surface area contributed by atoms with Gasteiger partial charge in [0.15, 0.2) is 9.84 Å². The van der Waals surface area contributed by atoms with E-state index in [1.54, 1.807) is 6.20 Å². The van der Waals surface area contributed by atoms with Gasteiger partial charge in [-0.25, -0.2) is 8.42 Å². The van der Waals surface area contributed by atoms with Crippen molar-refractivity contribution in [3.05, 3.63) is 42.1 Å². The minimum atomic E-state index is -3.43. The van der Waals surface area contributed by atoms with E-state index in [0.29, 0.717) is 18.3 Å². The summed E-state index contributed by atoms with van der Waals surface area (Å²) in [7, 11) is -3.43. The van der Waals surface area contributed by atoms with Crippen LogP contribution in [0.1, 0.15) is 32.3 Å². The highest BCUT2D eigenvalue weighted by molar-refractivity contribution is 7.90. The zero-order valence-corrected chi connectivity index (χ0v) is 15.4. The molecule has 0 aliphatic carbocycles. The first-order chi connectivity index (χ1) is 11.8. The van der Waals surface area contributed by atoms with E-state index in [9.17, 15) is 18.3 Å². The standard InChI is InChI=1S/C19H25NO4S/c1-14(2)9-17(19(22)7-8-21)13-25(23,24)12-15-10-16-5-3-4-6-18(16)20-11-15/h3-6,8,10-11,14,17,19,22H,7,9,12-13H2,1-2H3/t17-,19?/m0/s1. The van der Waals surface area contributed by atoms with Gasteiger partial charge in [0, 0.05) is 18.0 Å². The Hall–Kier alpha value is -1.79. The van der Waals surface area contributed by atoms with Crippen LogP contribution < -0.4 is 0 Å². The summed E-state index contributed by atoms with van der Waals surface area (Å²) < 4.78 is 25.2. The Labute approximate surface area is 149 Å². The van der Waals surface area contributed by atoms with Crippen LogP contribution in [0.2, 0.25) is 0 Å². The topological polar surface area (TPSA) is 84.3 Å². The van der Waals surface area contributed by atoms with Crippen molar-refractivity contribution < 1.29 is 18.3 Å². The molecule has 0 spiro atoms. The smallest absolute Gasteiger partial charge is 0.154 e. The number of carbonyl (C=O) groups excluding carboxylic acids is 1. The maximum Gasteiger partial charge on any atom is 0.154 e. The lowest BCUT2D eigenvalue weighted by atomic mass is 9.92. The minimum absolute atomic E-state index is 0.0373. The van der Waals surface area contributed by atoms with Crippen molar-refractivity contribution in [3.8, 4) is 0 Å². The number of fused-ring (bicyclic) bond motifs is 1. The summed E-state index contributed by atoms with van der Waals surface area (Å²) in [4.78, 5) is 15.0. The Balaban J connectivity index is 2.15. The number of hydrogen-bond acceptors (Lipinski definition) is 5. The maximum atomic E-state index is 12.6. The van der Waals surface area contributed by atoms with Crippen LogP contribution in [0.15, 0.2) is 36.5 Å². The van der Waals surface area contributed by atoms with Gasteiger partial charge < -0.3 is 9.90 Å². The number of benzene rings is 1. The third-order valence-electron chi connectivity index (χ3n) is 4.16. The molecule has 0 saturated carbocycles. The van der Waals surface area contributed by atoms with Crippen LogP contribution in [0.4, 0.5) is 0 Å². The van der Waals surface area contributed by atoms with E-state index in [1.807, 2.05) is 44.2 Å². The molecular formula is C19H25NO4S. The van der Waals surface area contributed by atoms with Crippen molar-refractivity contribution in [2.24, 2.45) is 11.8 Å². The Bertz CT molecular complexity index is 817. The molecule has 0 amide bonds. The molecule has 1 aromatic carbocycles. The molecule has 0 fully saturated rings. The molecule has 5 nitrogen and oxygen atoms in total. The maximum absolute atomic E-state index is 12.6. The van der Waals surface area contributed by atoms with E-state index in [-0.39, 0.29) is 23.8 Å². The van der Waals surface area contributed by atoms with E-state index >= 15 is 0 Å². The fraction of sp³-hybridized carbons (Fsp3) is 0.474. The number of pyridine rings is 1. The number of rotatable bonds is 9. The van der Waals surface area contributed by atoms with Crippen LogP contribution in [-0.2, 0) is 20.4 Å². The first kappa shape index (κ1) is 19.5. The number of carbonyl (C=O) groups is 1. The Morgan fingerprint density at radius 2 is 1.96 bits per heavy atom. The van der Waals surface area contributed by atoms with Gasteiger partial charge in [-0.1, -0.05) is 32.0 Å². The predicted octanol–water partition coefficient (Wildman–Crippen LogP) is 2.76. The Morgan fingerprint density at radius 3 is 2.64 bits per heavy atom. The zero-order valence-electron chi connectivity index (χ0n) is 14.6. The molecule has 1 heterocycles. The first-order valence-electron chi connectivity index (χ1n) is 8.46. The molecule has 2 aromatic rings. The number of sulfone groups is 1. The second-order valence-corrected chi connectivity index (χ2v) is 9.06. The monoisotopic (exact) mass is 363 g/mol. The van der Waals surface area contributed by atoms with Gasteiger partial charge in [-0.2, -0.15) is 0 Å². The van der Waals surface area contributed by atoms with Gasteiger partial charge in [0.25, 0.3) is 0 Å². The molecule has 2 rings (SSSR count). The summed E-state index contributed by atoms with van der Waals surface area (Å²) in [5, 5.41) is 11.0. The number of hydrogen-bond donors (Lipinski definition) is 1. The molecule has 1 aromatic heterocycles. The Kier molecular flexibility index (Phi) is 6.67. The summed E-state index contributed by atoms with van der Waals surface area (Å²) in [6, 6.07) is 9.38. The van der Waals surface area contributed by atoms with E-state index in [4.69, 9.17) is 0 Å². The van der Waals surface area contributed by atoms with Gasteiger partial charge in [-0.15, -0.1) is 0 Å². The molecular weight excluding hydrogens is 338 g/mol. The number of para-hydroxylation sites is 1. The minimum Gasteiger partial charge on any atom is -0.392 e. The van der Waals surface area contributed by atoms with Crippen LogP contribution in [0.5, 0.6) is 0 Å². The quantitative estimate of drug-likeness (QED) is 0.693. The fourth-order valence-electron chi connectivity index (χ4n) is 3.07. The van der Waals surface area contributed by atoms with Gasteiger partial charge in [-0.05, 0) is 36.0 Å². The van der Waals surface area contributed by atoms with Gasteiger partial charge in [-0.3, -0.25) is 4.98 Å². The van der Waals surface area contributed by atoms with Crippen LogP contribution in [-0.4, -0.2) is 36.7 Å². The summed E-state index contributed by atoms with van der Waals surface area (Å²) in [6.07, 6.45) is 1.82.